The monoisotopic (exact) mass is 448 g/mol. The molecule has 0 radical (unpaired) electrons. The fourth-order valence-electron chi connectivity index (χ4n) is 2.83. The van der Waals surface area contributed by atoms with Crippen LogP contribution in [0.2, 0.25) is 5.02 Å². The quantitative estimate of drug-likeness (QED) is 0.526. The Hall–Kier alpha value is -2.04. The molecule has 0 aliphatic heterocycles. The summed E-state index contributed by atoms with van der Waals surface area (Å²) in [6, 6.07) is 12.6. The van der Waals surface area contributed by atoms with Crippen molar-refractivity contribution in [3.05, 3.63) is 58.6 Å². The van der Waals surface area contributed by atoms with Crippen LogP contribution in [-0.2, 0) is 23.0 Å². The Labute approximate surface area is 185 Å². The Morgan fingerprint density at radius 2 is 1.93 bits per heavy atom. The maximum absolute atomic E-state index is 12.1. The number of benzene rings is 2. The van der Waals surface area contributed by atoms with Gasteiger partial charge in [-0.15, -0.1) is 6.42 Å². The van der Waals surface area contributed by atoms with E-state index in [0.717, 1.165) is 36.3 Å². The highest BCUT2D eigenvalue weighted by Crippen LogP contribution is 2.25. The van der Waals surface area contributed by atoms with E-state index < -0.39 is 10.0 Å². The number of terminal acetylenes is 1. The molecule has 0 aliphatic rings. The van der Waals surface area contributed by atoms with Gasteiger partial charge in [0.1, 0.15) is 5.75 Å². The molecule has 0 heterocycles. The minimum atomic E-state index is -3.56. The van der Waals surface area contributed by atoms with Crippen LogP contribution in [0.25, 0.3) is 0 Å². The number of hydrogen-bond acceptors (Lipinski definition) is 4. The first-order valence-electron chi connectivity index (χ1n) is 9.91. The number of hydrogen-bond donors (Lipinski definition) is 1. The number of nitrogens with one attached hydrogen (secondary N) is 1. The highest BCUT2D eigenvalue weighted by atomic mass is 35.5. The number of rotatable bonds is 11. The maximum atomic E-state index is 12.1. The van der Waals surface area contributed by atoms with Gasteiger partial charge in [0.2, 0.25) is 10.0 Å². The van der Waals surface area contributed by atoms with E-state index in [-0.39, 0.29) is 17.5 Å². The van der Waals surface area contributed by atoms with Crippen molar-refractivity contribution in [2.24, 2.45) is 0 Å². The van der Waals surface area contributed by atoms with Crippen molar-refractivity contribution in [1.82, 2.24) is 9.62 Å². The molecule has 2 rings (SSSR count). The lowest BCUT2D eigenvalue weighted by Gasteiger charge is -2.21. The van der Waals surface area contributed by atoms with Crippen LogP contribution in [0.5, 0.6) is 5.75 Å². The molecule has 1 atom stereocenters. The van der Waals surface area contributed by atoms with E-state index in [9.17, 15) is 8.42 Å². The van der Waals surface area contributed by atoms with Crippen LogP contribution in [0.1, 0.15) is 31.4 Å². The van der Waals surface area contributed by atoms with Gasteiger partial charge in [0.05, 0.1) is 17.5 Å². The van der Waals surface area contributed by atoms with Gasteiger partial charge in [-0.25, -0.2) is 8.42 Å². The summed E-state index contributed by atoms with van der Waals surface area (Å²) >= 11 is 6.19. The second kappa shape index (κ2) is 11.4. The fourth-order valence-corrected chi connectivity index (χ4v) is 3.96. The smallest absolute Gasteiger partial charge is 0.241 e. The SMILES string of the molecule is C#CCNS(=O)(=O)c1ccc(CCN(C)Cc2cc(Cl)ccc2OC(C)CC)cc1. The first kappa shape index (κ1) is 24.2. The third-order valence-corrected chi connectivity index (χ3v) is 6.40. The van der Waals surface area contributed by atoms with Gasteiger partial charge in [-0.2, -0.15) is 4.72 Å². The molecule has 0 aromatic heterocycles. The highest BCUT2D eigenvalue weighted by molar-refractivity contribution is 7.89. The molecular formula is C23H29ClN2O3S. The zero-order valence-electron chi connectivity index (χ0n) is 17.7. The van der Waals surface area contributed by atoms with Crippen LogP contribution in [0.3, 0.4) is 0 Å². The van der Waals surface area contributed by atoms with E-state index in [1.54, 1.807) is 12.1 Å². The Morgan fingerprint density at radius 1 is 1.23 bits per heavy atom. The van der Waals surface area contributed by atoms with Gasteiger partial charge in [-0.05, 0) is 62.7 Å². The van der Waals surface area contributed by atoms with Crippen molar-refractivity contribution < 1.29 is 13.2 Å². The highest BCUT2D eigenvalue weighted by Gasteiger charge is 2.13. The minimum Gasteiger partial charge on any atom is -0.490 e. The Morgan fingerprint density at radius 3 is 2.57 bits per heavy atom. The molecule has 1 N–H and O–H groups in total. The second-order valence-corrected chi connectivity index (χ2v) is 9.45. The Balaban J connectivity index is 1.97. The molecular weight excluding hydrogens is 420 g/mol. The number of halogens is 1. The summed E-state index contributed by atoms with van der Waals surface area (Å²) in [5.74, 6) is 3.12. The first-order chi connectivity index (χ1) is 14.2. The molecule has 7 heteroatoms. The maximum Gasteiger partial charge on any atom is 0.241 e. The lowest BCUT2D eigenvalue weighted by atomic mass is 10.1. The zero-order chi connectivity index (χ0) is 22.1. The van der Waals surface area contributed by atoms with E-state index >= 15 is 0 Å². The van der Waals surface area contributed by atoms with Crippen molar-refractivity contribution in [2.45, 2.75) is 44.2 Å². The summed E-state index contributed by atoms with van der Waals surface area (Å²) in [6.07, 6.45) is 6.97. The lowest BCUT2D eigenvalue weighted by molar-refractivity contribution is 0.211. The molecule has 0 bridgehead atoms. The average Bonchev–Trinajstić information content (AvgIpc) is 2.73. The van der Waals surface area contributed by atoms with Crippen LogP contribution < -0.4 is 9.46 Å². The molecule has 2 aromatic rings. The molecule has 0 saturated heterocycles. The van der Waals surface area contributed by atoms with Crippen molar-refractivity contribution in [3.63, 3.8) is 0 Å². The minimum absolute atomic E-state index is 0.0267. The van der Waals surface area contributed by atoms with Crippen molar-refractivity contribution in [3.8, 4) is 18.1 Å². The van der Waals surface area contributed by atoms with E-state index in [2.05, 4.69) is 22.5 Å². The van der Waals surface area contributed by atoms with Gasteiger partial charge < -0.3 is 9.64 Å². The molecule has 5 nitrogen and oxygen atoms in total. The Kier molecular flexibility index (Phi) is 9.19. The van der Waals surface area contributed by atoms with Crippen molar-refractivity contribution in [2.75, 3.05) is 20.1 Å². The van der Waals surface area contributed by atoms with Crippen LogP contribution in [0.4, 0.5) is 0 Å². The van der Waals surface area contributed by atoms with Crippen molar-refractivity contribution >= 4 is 21.6 Å². The standard InChI is InChI=1S/C23H29ClN2O3S/c1-5-14-25-30(27,28)22-10-7-19(8-11-22)13-15-26(4)17-20-16-21(24)9-12-23(20)29-18(3)6-2/h1,7-12,16,18,25H,6,13-15,17H2,2-4H3. The normalized spacial score (nSPS) is 12.5. The summed E-state index contributed by atoms with van der Waals surface area (Å²) in [6.45, 7) is 5.62. The third-order valence-electron chi connectivity index (χ3n) is 4.75. The van der Waals surface area contributed by atoms with Gasteiger partial charge in [-0.3, -0.25) is 0 Å². The number of sulfonamides is 1. The van der Waals surface area contributed by atoms with Crippen molar-refractivity contribution in [1.29, 1.82) is 0 Å². The third kappa shape index (κ3) is 7.33. The molecule has 1 unspecified atom stereocenters. The van der Waals surface area contributed by atoms with E-state index in [1.165, 1.54) is 0 Å². The van der Waals surface area contributed by atoms with Gasteiger partial charge in [0.25, 0.3) is 0 Å². The van der Waals surface area contributed by atoms with Crippen LogP contribution in [-0.4, -0.2) is 39.6 Å². The molecule has 0 spiro atoms. The number of likely N-dealkylation sites (N-methyl/N-ethyl adjacent to an activating group) is 1. The Bertz CT molecular complexity index is 969. The largest absolute Gasteiger partial charge is 0.490 e. The summed E-state index contributed by atoms with van der Waals surface area (Å²) in [7, 11) is -1.52. The fraction of sp³-hybridized carbons (Fsp3) is 0.391. The lowest BCUT2D eigenvalue weighted by Crippen LogP contribution is -2.24. The summed E-state index contributed by atoms with van der Waals surface area (Å²) in [5.41, 5.74) is 2.10. The van der Waals surface area contributed by atoms with Gasteiger partial charge >= 0.3 is 0 Å². The molecule has 0 aliphatic carbocycles. The van der Waals surface area contributed by atoms with Gasteiger partial charge in [0.15, 0.2) is 0 Å². The van der Waals surface area contributed by atoms with E-state index in [0.29, 0.717) is 11.6 Å². The predicted octanol–water partition coefficient (Wildman–Crippen LogP) is 4.10. The molecule has 162 valence electrons. The topological polar surface area (TPSA) is 58.6 Å². The molecule has 30 heavy (non-hydrogen) atoms. The molecule has 2 aromatic carbocycles. The average molecular weight is 449 g/mol. The van der Waals surface area contributed by atoms with E-state index in [1.807, 2.05) is 44.3 Å². The van der Waals surface area contributed by atoms with Gasteiger partial charge in [0, 0.05) is 23.7 Å². The van der Waals surface area contributed by atoms with Crippen LogP contribution in [0.15, 0.2) is 47.4 Å². The predicted molar refractivity (Wildman–Crippen MR) is 122 cm³/mol. The molecule has 0 saturated carbocycles. The summed E-state index contributed by atoms with van der Waals surface area (Å²) < 4.78 is 32.6. The first-order valence-corrected chi connectivity index (χ1v) is 11.8. The van der Waals surface area contributed by atoms with Gasteiger partial charge in [-0.1, -0.05) is 36.6 Å². The second-order valence-electron chi connectivity index (χ2n) is 7.25. The molecule has 0 amide bonds. The zero-order valence-corrected chi connectivity index (χ0v) is 19.3. The van der Waals surface area contributed by atoms with Crippen LogP contribution >= 0.6 is 11.6 Å². The van der Waals surface area contributed by atoms with E-state index in [4.69, 9.17) is 22.8 Å². The number of nitrogens with zero attached hydrogens (tertiary/aromatic N) is 1. The molecule has 0 fully saturated rings. The number of ether oxygens (including phenoxy) is 1. The summed E-state index contributed by atoms with van der Waals surface area (Å²) in [4.78, 5) is 2.40. The summed E-state index contributed by atoms with van der Waals surface area (Å²) in [5, 5.41) is 0.685. The van der Waals surface area contributed by atoms with Crippen LogP contribution in [0, 0.1) is 12.3 Å².